The van der Waals surface area contributed by atoms with Gasteiger partial charge in [-0.25, -0.2) is 4.79 Å². The number of methoxy groups -OCH3 is 1. The van der Waals surface area contributed by atoms with Crippen LogP contribution in [0.15, 0.2) is 42.5 Å². The molecule has 9 nitrogen and oxygen atoms in total. The monoisotopic (exact) mass is 672 g/mol. The number of hydrogen-bond acceptors (Lipinski definition) is 7. The van der Waals surface area contributed by atoms with Crippen molar-refractivity contribution in [3.05, 3.63) is 48.0 Å². The van der Waals surface area contributed by atoms with E-state index in [4.69, 9.17) is 23.7 Å². The van der Waals surface area contributed by atoms with Crippen LogP contribution in [-0.4, -0.2) is 73.6 Å². The Bertz CT molecular complexity index is 1070. The molecule has 2 heterocycles. The number of carbonyl (C=O) groups excluding carboxylic acids is 2. The lowest BCUT2D eigenvalue weighted by Crippen LogP contribution is -2.55. The number of rotatable bonds is 24. The molecule has 2 fully saturated rings. The van der Waals surface area contributed by atoms with Crippen LogP contribution in [0.2, 0.25) is 0 Å². The predicted octanol–water partition coefficient (Wildman–Crippen LogP) is 8.45. The summed E-state index contributed by atoms with van der Waals surface area (Å²) >= 11 is 0. The zero-order valence-corrected chi connectivity index (χ0v) is 30.5. The summed E-state index contributed by atoms with van der Waals surface area (Å²) in [5.74, 6) is -1.20. The lowest BCUT2D eigenvalue weighted by molar-refractivity contribution is -0.223. The first-order valence-electron chi connectivity index (χ1n) is 18.7. The first-order chi connectivity index (χ1) is 23.3. The van der Waals surface area contributed by atoms with Crippen molar-refractivity contribution in [2.75, 3.05) is 20.3 Å². The third-order valence-electron chi connectivity index (χ3n) is 9.22. The van der Waals surface area contributed by atoms with E-state index in [1.54, 1.807) is 18.9 Å². The van der Waals surface area contributed by atoms with E-state index in [9.17, 15) is 9.59 Å². The molecule has 0 spiro atoms. The van der Waals surface area contributed by atoms with Gasteiger partial charge in [-0.05, 0) is 58.4 Å². The Hall–Kier alpha value is -2.46. The van der Waals surface area contributed by atoms with Crippen LogP contribution < -0.4 is 5.32 Å². The van der Waals surface area contributed by atoms with Crippen LogP contribution in [0.25, 0.3) is 0 Å². The molecule has 272 valence electrons. The van der Waals surface area contributed by atoms with Crippen LogP contribution in [-0.2, 0) is 35.0 Å². The normalized spacial score (nSPS) is 22.1. The van der Waals surface area contributed by atoms with E-state index in [2.05, 4.69) is 24.4 Å². The summed E-state index contributed by atoms with van der Waals surface area (Å²) in [4.78, 5) is 28.6. The fourth-order valence-corrected chi connectivity index (χ4v) is 6.70. The van der Waals surface area contributed by atoms with Crippen molar-refractivity contribution in [1.82, 2.24) is 10.2 Å². The van der Waals surface area contributed by atoms with E-state index >= 15 is 0 Å². The lowest BCUT2D eigenvalue weighted by atomic mass is 9.98. The van der Waals surface area contributed by atoms with E-state index in [0.29, 0.717) is 13.1 Å². The molecule has 9 heteroatoms. The zero-order chi connectivity index (χ0) is 34.6. The average molecular weight is 673 g/mol. The molecule has 0 aliphatic carbocycles. The molecule has 0 bridgehead atoms. The van der Waals surface area contributed by atoms with Gasteiger partial charge in [0.2, 0.25) is 0 Å². The van der Waals surface area contributed by atoms with Crippen molar-refractivity contribution in [2.24, 2.45) is 0 Å². The highest BCUT2D eigenvalue weighted by molar-refractivity contribution is 5.76. The minimum atomic E-state index is -0.815. The number of allylic oxidation sites excluding steroid dienone is 2. The molecule has 2 saturated heterocycles. The van der Waals surface area contributed by atoms with Crippen molar-refractivity contribution >= 4 is 12.0 Å². The minimum absolute atomic E-state index is 0.0215. The molecular weight excluding hydrogens is 608 g/mol. The fraction of sp³-hybridized carbons (Fsp3) is 0.744. The second kappa shape index (κ2) is 22.3. The van der Waals surface area contributed by atoms with Crippen LogP contribution >= 0.6 is 0 Å². The van der Waals surface area contributed by atoms with Crippen LogP contribution in [0.1, 0.15) is 130 Å². The van der Waals surface area contributed by atoms with Gasteiger partial charge in [-0.2, -0.15) is 0 Å². The van der Waals surface area contributed by atoms with Crippen LogP contribution in [0.3, 0.4) is 0 Å². The molecule has 1 aromatic carbocycles. The maximum atomic E-state index is 13.9. The Balaban J connectivity index is 1.55. The van der Waals surface area contributed by atoms with Crippen molar-refractivity contribution in [1.29, 1.82) is 0 Å². The maximum Gasteiger partial charge on any atom is 0.318 e. The van der Waals surface area contributed by atoms with Gasteiger partial charge in [0.15, 0.2) is 12.1 Å². The Morgan fingerprint density at radius 3 is 2.15 bits per heavy atom. The van der Waals surface area contributed by atoms with Gasteiger partial charge >= 0.3 is 12.0 Å². The number of urea groups is 1. The summed E-state index contributed by atoms with van der Waals surface area (Å²) < 4.78 is 29.8. The molecule has 0 saturated carbocycles. The number of ether oxygens (including phenoxy) is 5. The van der Waals surface area contributed by atoms with Crippen LogP contribution in [0.5, 0.6) is 0 Å². The molecule has 2 aliphatic rings. The Labute approximate surface area is 290 Å². The highest BCUT2D eigenvalue weighted by atomic mass is 16.8. The highest BCUT2D eigenvalue weighted by Crippen LogP contribution is 2.41. The van der Waals surface area contributed by atoms with E-state index in [1.165, 1.54) is 64.2 Å². The summed E-state index contributed by atoms with van der Waals surface area (Å²) in [6.45, 7) is 8.82. The molecule has 2 aliphatic heterocycles. The molecule has 1 aromatic rings. The van der Waals surface area contributed by atoms with Gasteiger partial charge < -0.3 is 33.9 Å². The fourth-order valence-electron chi connectivity index (χ4n) is 6.70. The molecule has 3 rings (SSSR count). The Morgan fingerprint density at radius 1 is 0.896 bits per heavy atom. The van der Waals surface area contributed by atoms with Crippen LogP contribution in [0, 0.1) is 0 Å². The number of nitrogens with one attached hydrogen (secondary N) is 1. The summed E-state index contributed by atoms with van der Waals surface area (Å²) in [6.07, 6.45) is 19.3. The summed E-state index contributed by atoms with van der Waals surface area (Å²) in [5.41, 5.74) is 0.996. The molecule has 48 heavy (non-hydrogen) atoms. The van der Waals surface area contributed by atoms with Crippen molar-refractivity contribution in [3.8, 4) is 0 Å². The number of unbranched alkanes of at least 4 members (excludes halogenated alkanes) is 12. The smallest absolute Gasteiger partial charge is 0.318 e. The number of carbonyl (C=O) groups is 2. The number of esters is 1. The molecular formula is C39H64N2O7. The lowest BCUT2D eigenvalue weighted by Gasteiger charge is -2.37. The Morgan fingerprint density at radius 2 is 1.52 bits per heavy atom. The zero-order valence-electron chi connectivity index (χ0n) is 30.5. The van der Waals surface area contributed by atoms with Gasteiger partial charge in [0, 0.05) is 20.2 Å². The highest BCUT2D eigenvalue weighted by Gasteiger charge is 2.58. The van der Waals surface area contributed by atoms with E-state index in [1.807, 2.05) is 44.2 Å². The third-order valence-corrected chi connectivity index (χ3v) is 9.22. The molecule has 5 atom stereocenters. The Kier molecular flexibility index (Phi) is 18.6. The number of benzene rings is 1. The summed E-state index contributed by atoms with van der Waals surface area (Å²) in [6, 6.07) is 8.92. The number of fused-ring (bicyclic) bond motifs is 1. The van der Waals surface area contributed by atoms with Gasteiger partial charge in [0.05, 0.1) is 19.1 Å². The van der Waals surface area contributed by atoms with Gasteiger partial charge in [-0.3, -0.25) is 4.79 Å². The van der Waals surface area contributed by atoms with Gasteiger partial charge in [-0.15, -0.1) is 0 Å². The van der Waals surface area contributed by atoms with E-state index in [-0.39, 0.29) is 25.0 Å². The van der Waals surface area contributed by atoms with Gasteiger partial charge in [0.1, 0.15) is 18.3 Å². The van der Waals surface area contributed by atoms with Gasteiger partial charge in [0.25, 0.3) is 0 Å². The first-order valence-corrected chi connectivity index (χ1v) is 18.7. The number of amides is 2. The molecule has 1 N–H and O–H groups in total. The number of nitrogens with zero attached hydrogens (tertiary/aromatic N) is 1. The predicted molar refractivity (Wildman–Crippen MR) is 189 cm³/mol. The average Bonchev–Trinajstić information content (AvgIpc) is 3.55. The van der Waals surface area contributed by atoms with E-state index < -0.39 is 36.4 Å². The quantitative estimate of drug-likeness (QED) is 0.0669. The topological polar surface area (TPSA) is 95.6 Å². The van der Waals surface area contributed by atoms with Crippen molar-refractivity contribution in [2.45, 2.75) is 167 Å². The van der Waals surface area contributed by atoms with Crippen molar-refractivity contribution in [3.63, 3.8) is 0 Å². The molecule has 0 radical (unpaired) electrons. The number of hydrogen-bond donors (Lipinski definition) is 1. The standard InChI is InChI=1S/C39H64N2O7/c1-6-8-9-10-11-12-13-14-15-16-17-18-19-20-21-25-28-41(38(43)40-30-31-26-23-22-24-27-31)32(29-33(42)45-7-2)34-35(44-5)36-37(46-34)48-39(3,4)47-36/h14-15,22-24,26-27,32,34-37H,6-13,16-21,25,28-30H2,1-5H3,(H,40,43)/b15-14-/t32-,34?,35-,36+,37+/m0/s1. The van der Waals surface area contributed by atoms with Gasteiger partial charge in [-0.1, -0.05) is 107 Å². The van der Waals surface area contributed by atoms with Crippen molar-refractivity contribution < 1.29 is 33.3 Å². The van der Waals surface area contributed by atoms with Crippen LogP contribution in [0.4, 0.5) is 4.79 Å². The second-order valence-electron chi connectivity index (χ2n) is 13.6. The SMILES string of the molecule is CCCCCCCC/C=C\CCCCCCCCN(C(=O)NCc1ccccc1)[C@@H](CC(=O)OCC)C1O[C@@H]2OC(C)(C)O[C@@H]2[C@H]1OC. The largest absolute Gasteiger partial charge is 0.466 e. The third kappa shape index (κ3) is 13.8. The summed E-state index contributed by atoms with van der Waals surface area (Å²) in [5, 5.41) is 3.08. The summed E-state index contributed by atoms with van der Waals surface area (Å²) in [7, 11) is 1.60. The molecule has 2 amide bonds. The van der Waals surface area contributed by atoms with E-state index in [0.717, 1.165) is 31.2 Å². The second-order valence-corrected chi connectivity index (χ2v) is 13.6. The minimum Gasteiger partial charge on any atom is -0.466 e. The maximum absolute atomic E-state index is 13.9. The molecule has 0 aromatic heterocycles. The molecule has 1 unspecified atom stereocenters. The first kappa shape index (κ1) is 40.0.